The van der Waals surface area contributed by atoms with E-state index in [4.69, 9.17) is 10.5 Å². The summed E-state index contributed by atoms with van der Waals surface area (Å²) in [6.07, 6.45) is 3.03. The van der Waals surface area contributed by atoms with E-state index in [0.717, 1.165) is 19.3 Å². The van der Waals surface area contributed by atoms with Gasteiger partial charge < -0.3 is 10.5 Å². The monoisotopic (exact) mass is 249 g/mol. The Kier molecular flexibility index (Phi) is 4.76. The first-order valence-corrected chi connectivity index (χ1v) is 7.79. The van der Waals surface area contributed by atoms with Crippen LogP contribution in [0.15, 0.2) is 0 Å². The van der Waals surface area contributed by atoms with Crippen molar-refractivity contribution >= 4 is 9.84 Å². The summed E-state index contributed by atoms with van der Waals surface area (Å²) in [5, 5.41) is 0. The van der Waals surface area contributed by atoms with Crippen LogP contribution in [0, 0.1) is 5.92 Å². The SMILES string of the molecule is CCS(=O)(=O)CCOC1(CN)CCC(C)C1. The van der Waals surface area contributed by atoms with Gasteiger partial charge in [0.25, 0.3) is 0 Å². The topological polar surface area (TPSA) is 69.4 Å². The maximum absolute atomic E-state index is 11.3. The predicted molar refractivity (Wildman–Crippen MR) is 65.1 cm³/mol. The largest absolute Gasteiger partial charge is 0.373 e. The van der Waals surface area contributed by atoms with Crippen LogP contribution in [0.25, 0.3) is 0 Å². The van der Waals surface area contributed by atoms with Crippen LogP contribution in [0.4, 0.5) is 0 Å². The van der Waals surface area contributed by atoms with Crippen molar-refractivity contribution in [3.63, 3.8) is 0 Å². The van der Waals surface area contributed by atoms with Crippen molar-refractivity contribution in [2.24, 2.45) is 11.7 Å². The van der Waals surface area contributed by atoms with Crippen LogP contribution in [0.3, 0.4) is 0 Å². The maximum atomic E-state index is 11.3. The van der Waals surface area contributed by atoms with Crippen LogP contribution in [0.1, 0.15) is 33.1 Å². The van der Waals surface area contributed by atoms with Gasteiger partial charge >= 0.3 is 0 Å². The Labute approximate surface area is 98.5 Å². The molecule has 0 aromatic rings. The van der Waals surface area contributed by atoms with Gasteiger partial charge in [0.15, 0.2) is 9.84 Å². The zero-order chi connectivity index (χ0) is 12.2. The van der Waals surface area contributed by atoms with E-state index in [-0.39, 0.29) is 23.7 Å². The minimum absolute atomic E-state index is 0.111. The van der Waals surface area contributed by atoms with Crippen LogP contribution in [0.5, 0.6) is 0 Å². The van der Waals surface area contributed by atoms with Gasteiger partial charge in [-0.25, -0.2) is 8.42 Å². The summed E-state index contributed by atoms with van der Waals surface area (Å²) in [4.78, 5) is 0. The second-order valence-corrected chi connectivity index (χ2v) is 7.29. The highest BCUT2D eigenvalue weighted by Crippen LogP contribution is 2.36. The molecule has 0 aromatic carbocycles. The van der Waals surface area contributed by atoms with Gasteiger partial charge in [-0.2, -0.15) is 0 Å². The predicted octanol–water partition coefficient (Wildman–Crippen LogP) is 0.955. The lowest BCUT2D eigenvalue weighted by molar-refractivity contribution is -0.0279. The first kappa shape index (κ1) is 13.9. The molecule has 2 N–H and O–H groups in total. The van der Waals surface area contributed by atoms with Crippen LogP contribution in [-0.2, 0) is 14.6 Å². The molecule has 0 aliphatic heterocycles. The van der Waals surface area contributed by atoms with Gasteiger partial charge in [0.1, 0.15) is 0 Å². The van der Waals surface area contributed by atoms with Crippen LogP contribution in [0.2, 0.25) is 0 Å². The van der Waals surface area contributed by atoms with Crippen molar-refractivity contribution in [2.75, 3.05) is 24.7 Å². The maximum Gasteiger partial charge on any atom is 0.152 e. The normalized spacial score (nSPS) is 30.8. The highest BCUT2D eigenvalue weighted by Gasteiger charge is 2.37. The fraction of sp³-hybridized carbons (Fsp3) is 1.00. The second kappa shape index (κ2) is 5.47. The summed E-state index contributed by atoms with van der Waals surface area (Å²) in [5.74, 6) is 0.925. The van der Waals surface area contributed by atoms with Crippen molar-refractivity contribution < 1.29 is 13.2 Å². The van der Waals surface area contributed by atoms with E-state index in [0.29, 0.717) is 12.5 Å². The van der Waals surface area contributed by atoms with Gasteiger partial charge in [-0.1, -0.05) is 13.8 Å². The molecule has 0 amide bonds. The summed E-state index contributed by atoms with van der Waals surface area (Å²) >= 11 is 0. The third-order valence-electron chi connectivity index (χ3n) is 3.43. The average Bonchev–Trinajstić information content (AvgIpc) is 2.61. The lowest BCUT2D eigenvalue weighted by Gasteiger charge is -2.28. The minimum atomic E-state index is -2.93. The summed E-state index contributed by atoms with van der Waals surface area (Å²) in [7, 11) is -2.93. The summed E-state index contributed by atoms with van der Waals surface area (Å²) < 4.78 is 28.4. The van der Waals surface area contributed by atoms with Crippen molar-refractivity contribution in [3.8, 4) is 0 Å². The van der Waals surface area contributed by atoms with Crippen molar-refractivity contribution in [1.29, 1.82) is 0 Å². The molecule has 0 radical (unpaired) electrons. The zero-order valence-electron chi connectivity index (χ0n) is 10.2. The molecule has 16 heavy (non-hydrogen) atoms. The molecule has 0 aromatic heterocycles. The number of ether oxygens (including phenoxy) is 1. The lowest BCUT2D eigenvalue weighted by Crippen LogP contribution is -2.39. The van der Waals surface area contributed by atoms with Crippen molar-refractivity contribution in [3.05, 3.63) is 0 Å². The molecule has 2 atom stereocenters. The number of sulfone groups is 1. The Morgan fingerprint density at radius 3 is 2.62 bits per heavy atom. The molecular weight excluding hydrogens is 226 g/mol. The molecule has 4 nitrogen and oxygen atoms in total. The Morgan fingerprint density at radius 1 is 1.50 bits per heavy atom. The van der Waals surface area contributed by atoms with E-state index in [2.05, 4.69) is 6.92 Å². The van der Waals surface area contributed by atoms with Gasteiger partial charge in [0, 0.05) is 12.3 Å². The summed E-state index contributed by atoms with van der Waals surface area (Å²) in [6, 6.07) is 0. The van der Waals surface area contributed by atoms with Gasteiger partial charge in [-0.05, 0) is 25.2 Å². The molecule has 1 saturated carbocycles. The third kappa shape index (κ3) is 3.71. The highest BCUT2D eigenvalue weighted by atomic mass is 32.2. The molecule has 1 aliphatic rings. The van der Waals surface area contributed by atoms with Gasteiger partial charge in [0.05, 0.1) is 18.0 Å². The Bertz CT molecular complexity index is 315. The molecule has 0 spiro atoms. The van der Waals surface area contributed by atoms with Crippen molar-refractivity contribution in [2.45, 2.75) is 38.7 Å². The van der Waals surface area contributed by atoms with Crippen molar-refractivity contribution in [1.82, 2.24) is 0 Å². The van der Waals surface area contributed by atoms with Gasteiger partial charge in [-0.15, -0.1) is 0 Å². The number of hydrogen-bond acceptors (Lipinski definition) is 4. The highest BCUT2D eigenvalue weighted by molar-refractivity contribution is 7.91. The van der Waals surface area contributed by atoms with Gasteiger partial charge in [-0.3, -0.25) is 0 Å². The van der Waals surface area contributed by atoms with Gasteiger partial charge in [0.2, 0.25) is 0 Å². The molecule has 0 saturated heterocycles. The molecule has 1 aliphatic carbocycles. The average molecular weight is 249 g/mol. The molecule has 1 rings (SSSR count). The van der Waals surface area contributed by atoms with E-state index < -0.39 is 9.84 Å². The van der Waals surface area contributed by atoms with E-state index in [1.807, 2.05) is 0 Å². The first-order valence-electron chi connectivity index (χ1n) is 5.97. The molecule has 5 heteroatoms. The quantitative estimate of drug-likeness (QED) is 0.761. The molecular formula is C11H23NO3S. The molecule has 2 unspecified atom stereocenters. The Morgan fingerprint density at radius 2 is 2.19 bits per heavy atom. The van der Waals surface area contributed by atoms with E-state index in [1.54, 1.807) is 6.92 Å². The fourth-order valence-electron chi connectivity index (χ4n) is 2.25. The van der Waals surface area contributed by atoms with Crippen LogP contribution < -0.4 is 5.73 Å². The molecule has 1 fully saturated rings. The van der Waals surface area contributed by atoms with Crippen LogP contribution >= 0.6 is 0 Å². The van der Waals surface area contributed by atoms with E-state index in [9.17, 15) is 8.42 Å². The number of hydrogen-bond donors (Lipinski definition) is 1. The number of rotatable bonds is 6. The standard InChI is InChI=1S/C11H23NO3S/c1-3-16(13,14)7-6-15-11(9-12)5-4-10(2)8-11/h10H,3-9,12H2,1-2H3. The third-order valence-corrected chi connectivity index (χ3v) is 5.10. The van der Waals surface area contributed by atoms with E-state index in [1.165, 1.54) is 0 Å². The lowest BCUT2D eigenvalue weighted by atomic mass is 10.0. The summed E-state index contributed by atoms with van der Waals surface area (Å²) in [6.45, 7) is 4.61. The Hall–Kier alpha value is -0.130. The smallest absolute Gasteiger partial charge is 0.152 e. The zero-order valence-corrected chi connectivity index (χ0v) is 11.1. The first-order chi connectivity index (χ1) is 7.43. The molecule has 96 valence electrons. The minimum Gasteiger partial charge on any atom is -0.373 e. The Balaban J connectivity index is 2.41. The second-order valence-electron chi connectivity index (χ2n) is 4.82. The van der Waals surface area contributed by atoms with Crippen LogP contribution in [-0.4, -0.2) is 38.7 Å². The summed E-state index contributed by atoms with van der Waals surface area (Å²) in [5.41, 5.74) is 5.48. The molecule has 0 bridgehead atoms. The molecule has 0 heterocycles. The van der Waals surface area contributed by atoms with E-state index >= 15 is 0 Å². The number of nitrogens with two attached hydrogens (primary N) is 1. The fourth-order valence-corrected chi connectivity index (χ4v) is 2.88.